The van der Waals surface area contributed by atoms with Crippen molar-refractivity contribution in [2.24, 2.45) is 5.41 Å². The van der Waals surface area contributed by atoms with Crippen molar-refractivity contribution in [3.8, 4) is 17.4 Å². The number of H-pyrrole nitrogens is 1. The molecule has 3 aromatic heterocycles. The van der Waals surface area contributed by atoms with Gasteiger partial charge in [0.1, 0.15) is 11.5 Å². The Balaban J connectivity index is 2.04. The molecule has 3 heterocycles. The average molecular weight is 383 g/mol. The van der Waals surface area contributed by atoms with Crippen LogP contribution in [0, 0.1) is 5.41 Å². The fraction of sp³-hybridized carbons (Fsp3) is 0.400. The van der Waals surface area contributed by atoms with Crippen LogP contribution in [0.3, 0.4) is 0 Å². The van der Waals surface area contributed by atoms with Gasteiger partial charge in [-0.25, -0.2) is 4.98 Å². The van der Waals surface area contributed by atoms with Crippen LogP contribution in [-0.2, 0) is 11.2 Å². The highest BCUT2D eigenvalue weighted by molar-refractivity contribution is 5.91. The molecular formula is C20H25N5O3. The summed E-state index contributed by atoms with van der Waals surface area (Å²) in [5, 5.41) is 7.37. The molecule has 0 bridgehead atoms. The number of aromatic amines is 1. The molecule has 0 fully saturated rings. The smallest absolute Gasteiger partial charge is 0.252 e. The van der Waals surface area contributed by atoms with Gasteiger partial charge in [-0.3, -0.25) is 14.6 Å². The Morgan fingerprint density at radius 3 is 2.75 bits per heavy atom. The van der Waals surface area contributed by atoms with Gasteiger partial charge in [0.2, 0.25) is 11.9 Å². The first-order valence-electron chi connectivity index (χ1n) is 9.29. The summed E-state index contributed by atoms with van der Waals surface area (Å²) in [5.74, 6) is 1.07. The largest absolute Gasteiger partial charge is 0.463 e. The van der Waals surface area contributed by atoms with E-state index >= 15 is 0 Å². The third kappa shape index (κ3) is 4.76. The van der Waals surface area contributed by atoms with E-state index in [1.165, 1.54) is 10.7 Å². The molecule has 3 rings (SSSR count). The number of nitrogens with zero attached hydrogens (tertiary/aromatic N) is 3. The molecule has 0 aliphatic rings. The zero-order chi connectivity index (χ0) is 20.3. The predicted octanol–water partition coefficient (Wildman–Crippen LogP) is 3.54. The summed E-state index contributed by atoms with van der Waals surface area (Å²) in [7, 11) is 0. The number of carbonyl (C=O) groups excluding carboxylic acids is 1. The molecule has 0 aliphatic carbocycles. The lowest BCUT2D eigenvalue weighted by molar-refractivity contribution is -0.117. The van der Waals surface area contributed by atoms with Crippen LogP contribution < -0.4 is 10.9 Å². The number of hydrogen-bond acceptors (Lipinski definition) is 5. The van der Waals surface area contributed by atoms with Crippen LogP contribution in [0.15, 0.2) is 39.7 Å². The normalized spacial score (nSPS) is 11.6. The number of aromatic nitrogens is 4. The second kappa shape index (κ2) is 7.84. The summed E-state index contributed by atoms with van der Waals surface area (Å²) >= 11 is 0. The molecule has 0 unspecified atom stereocenters. The van der Waals surface area contributed by atoms with Gasteiger partial charge in [-0.2, -0.15) is 9.78 Å². The maximum absolute atomic E-state index is 12.5. The highest BCUT2D eigenvalue weighted by Crippen LogP contribution is 2.25. The van der Waals surface area contributed by atoms with E-state index in [2.05, 4.69) is 20.4 Å². The van der Waals surface area contributed by atoms with Gasteiger partial charge in [0, 0.05) is 24.2 Å². The monoisotopic (exact) mass is 383 g/mol. The topological polar surface area (TPSA) is 106 Å². The van der Waals surface area contributed by atoms with E-state index in [0.717, 1.165) is 6.42 Å². The molecule has 0 aromatic carbocycles. The molecule has 0 atom stereocenters. The van der Waals surface area contributed by atoms with E-state index in [0.29, 0.717) is 35.8 Å². The molecule has 8 heteroatoms. The van der Waals surface area contributed by atoms with Crippen molar-refractivity contribution in [1.82, 2.24) is 19.7 Å². The quantitative estimate of drug-likeness (QED) is 0.677. The summed E-state index contributed by atoms with van der Waals surface area (Å²) in [4.78, 5) is 31.7. The highest BCUT2D eigenvalue weighted by atomic mass is 16.3. The first kappa shape index (κ1) is 19.6. The molecule has 8 nitrogen and oxygen atoms in total. The second-order valence-electron chi connectivity index (χ2n) is 7.90. The van der Waals surface area contributed by atoms with Crippen LogP contribution in [0.1, 0.15) is 46.2 Å². The number of furan rings is 1. The number of amides is 1. The maximum atomic E-state index is 12.5. The van der Waals surface area contributed by atoms with E-state index < -0.39 is 0 Å². The van der Waals surface area contributed by atoms with Crippen molar-refractivity contribution in [2.75, 3.05) is 5.32 Å². The van der Waals surface area contributed by atoms with E-state index in [-0.39, 0.29) is 22.8 Å². The van der Waals surface area contributed by atoms with Crippen LogP contribution in [0.5, 0.6) is 0 Å². The van der Waals surface area contributed by atoms with Gasteiger partial charge in [-0.05, 0) is 24.0 Å². The van der Waals surface area contributed by atoms with Crippen LogP contribution >= 0.6 is 0 Å². The molecule has 0 spiro atoms. The standard InChI is InChI=1S/C20H25N5O3/c1-5-7-13-10-17(26)23-19(21-13)25-16(22-18(27)12-20(2,3)4)11-14(24-25)15-8-6-9-28-15/h6,8-11H,5,7,12H2,1-4H3,(H,22,27)(H,21,23,26). The molecule has 1 amide bonds. The number of anilines is 1. The van der Waals surface area contributed by atoms with Crippen molar-refractivity contribution in [3.05, 3.63) is 46.6 Å². The lowest BCUT2D eigenvalue weighted by atomic mass is 9.92. The van der Waals surface area contributed by atoms with Gasteiger partial charge in [0.15, 0.2) is 5.76 Å². The number of carbonyl (C=O) groups is 1. The van der Waals surface area contributed by atoms with Crippen molar-refractivity contribution < 1.29 is 9.21 Å². The SMILES string of the molecule is CCCc1cc(=O)[nH]c(-n2nc(-c3ccco3)cc2NC(=O)CC(C)(C)C)n1. The lowest BCUT2D eigenvalue weighted by Crippen LogP contribution is -2.22. The minimum Gasteiger partial charge on any atom is -0.463 e. The summed E-state index contributed by atoms with van der Waals surface area (Å²) in [6, 6.07) is 6.71. The molecule has 28 heavy (non-hydrogen) atoms. The molecule has 3 aromatic rings. The second-order valence-corrected chi connectivity index (χ2v) is 7.90. The Morgan fingerprint density at radius 1 is 1.32 bits per heavy atom. The Kier molecular flexibility index (Phi) is 5.48. The summed E-state index contributed by atoms with van der Waals surface area (Å²) in [6.45, 7) is 7.99. The molecule has 0 aliphatic heterocycles. The summed E-state index contributed by atoms with van der Waals surface area (Å²) in [5.41, 5.74) is 0.769. The van der Waals surface area contributed by atoms with E-state index in [9.17, 15) is 9.59 Å². The zero-order valence-corrected chi connectivity index (χ0v) is 16.6. The lowest BCUT2D eigenvalue weighted by Gasteiger charge is -2.17. The average Bonchev–Trinajstić information content (AvgIpc) is 3.22. The number of rotatable bonds is 6. The molecule has 0 saturated carbocycles. The molecule has 0 saturated heterocycles. The summed E-state index contributed by atoms with van der Waals surface area (Å²) in [6.07, 6.45) is 3.43. The van der Waals surface area contributed by atoms with E-state index in [1.807, 2.05) is 27.7 Å². The van der Waals surface area contributed by atoms with Crippen molar-refractivity contribution >= 4 is 11.7 Å². The Morgan fingerprint density at radius 2 is 2.11 bits per heavy atom. The van der Waals surface area contributed by atoms with Crippen LogP contribution in [-0.4, -0.2) is 25.7 Å². The third-order valence-corrected chi connectivity index (χ3v) is 3.93. The highest BCUT2D eigenvalue weighted by Gasteiger charge is 2.20. The fourth-order valence-corrected chi connectivity index (χ4v) is 2.82. The zero-order valence-electron chi connectivity index (χ0n) is 16.6. The number of nitrogens with one attached hydrogen (secondary N) is 2. The Labute approximate surface area is 163 Å². The minimum atomic E-state index is -0.268. The van der Waals surface area contributed by atoms with E-state index in [1.54, 1.807) is 24.5 Å². The van der Waals surface area contributed by atoms with Gasteiger partial charge in [-0.15, -0.1) is 0 Å². The number of hydrogen-bond donors (Lipinski definition) is 2. The number of aryl methyl sites for hydroxylation is 1. The molecular weight excluding hydrogens is 358 g/mol. The first-order chi connectivity index (χ1) is 13.2. The van der Waals surface area contributed by atoms with Gasteiger partial charge >= 0.3 is 0 Å². The Hall–Kier alpha value is -3.16. The Bertz CT molecular complexity index is 1010. The van der Waals surface area contributed by atoms with Crippen LogP contribution in [0.2, 0.25) is 0 Å². The predicted molar refractivity (Wildman–Crippen MR) is 106 cm³/mol. The van der Waals surface area contributed by atoms with Crippen molar-refractivity contribution in [1.29, 1.82) is 0 Å². The van der Waals surface area contributed by atoms with Crippen molar-refractivity contribution in [3.63, 3.8) is 0 Å². The fourth-order valence-electron chi connectivity index (χ4n) is 2.82. The summed E-state index contributed by atoms with van der Waals surface area (Å²) < 4.78 is 6.84. The molecule has 0 radical (unpaired) electrons. The van der Waals surface area contributed by atoms with Gasteiger partial charge in [-0.1, -0.05) is 34.1 Å². The third-order valence-electron chi connectivity index (χ3n) is 3.93. The molecule has 2 N–H and O–H groups in total. The van der Waals surface area contributed by atoms with Crippen molar-refractivity contribution in [2.45, 2.75) is 47.0 Å². The molecule has 148 valence electrons. The minimum absolute atomic E-state index is 0.147. The van der Waals surface area contributed by atoms with Gasteiger partial charge < -0.3 is 9.73 Å². The van der Waals surface area contributed by atoms with Gasteiger partial charge in [0.25, 0.3) is 5.56 Å². The van der Waals surface area contributed by atoms with Crippen LogP contribution in [0.4, 0.5) is 5.82 Å². The maximum Gasteiger partial charge on any atom is 0.252 e. The van der Waals surface area contributed by atoms with Gasteiger partial charge in [0.05, 0.1) is 6.26 Å². The van der Waals surface area contributed by atoms with Crippen LogP contribution in [0.25, 0.3) is 17.4 Å². The first-order valence-corrected chi connectivity index (χ1v) is 9.29. The van der Waals surface area contributed by atoms with E-state index in [4.69, 9.17) is 4.42 Å².